The van der Waals surface area contributed by atoms with Crippen molar-refractivity contribution >= 4 is 71.6 Å². The lowest BCUT2D eigenvalue weighted by molar-refractivity contribution is 1.18. The number of rotatable bonds is 3. The van der Waals surface area contributed by atoms with E-state index in [0.29, 0.717) is 0 Å². The van der Waals surface area contributed by atoms with Crippen LogP contribution in [0.2, 0.25) is 0 Å². The van der Waals surface area contributed by atoms with Crippen LogP contribution in [0.5, 0.6) is 0 Å². The maximum Gasteiger partial charge on any atom is 0.165 e. The van der Waals surface area contributed by atoms with E-state index in [2.05, 4.69) is 167 Å². The smallest absolute Gasteiger partial charge is 0.165 e. The Balaban J connectivity index is 1.31. The van der Waals surface area contributed by atoms with E-state index in [1.807, 2.05) is 12.1 Å². The Labute approximate surface area is 288 Å². The number of hydrogen-bond acceptors (Lipinski definition) is 3. The summed E-state index contributed by atoms with van der Waals surface area (Å²) in [6.45, 7) is 0. The highest BCUT2D eigenvalue weighted by atomic mass is 15.2. The molecule has 11 rings (SSSR count). The highest BCUT2D eigenvalue weighted by Gasteiger charge is 2.31. The second-order valence-corrected chi connectivity index (χ2v) is 13.0. The second kappa shape index (κ2) is 10.4. The lowest BCUT2D eigenvalue weighted by atomic mass is 9.88. The Kier molecular flexibility index (Phi) is 5.63. The molecule has 4 nitrogen and oxygen atoms in total. The molecular weight excluding hydrogens is 609 g/mol. The number of fused-ring (bicyclic) bond motifs is 8. The first-order valence-electron chi connectivity index (χ1n) is 17.0. The average molecular weight is 637 g/mol. The van der Waals surface area contributed by atoms with Gasteiger partial charge in [0, 0.05) is 38.4 Å². The SMILES string of the molecule is c1ccc(-n2c3ccccc3c3c(-c4nc5ccccc5nc4N4c5c(ccc6ccccc56)-c5cccc6cccc4c56)cccc32)cc1. The van der Waals surface area contributed by atoms with Gasteiger partial charge in [-0.25, -0.2) is 9.97 Å². The van der Waals surface area contributed by atoms with Gasteiger partial charge in [0.1, 0.15) is 5.69 Å². The van der Waals surface area contributed by atoms with E-state index in [1.54, 1.807) is 0 Å². The third-order valence-electron chi connectivity index (χ3n) is 10.3. The van der Waals surface area contributed by atoms with E-state index in [9.17, 15) is 0 Å². The fourth-order valence-electron chi connectivity index (χ4n) is 8.19. The van der Waals surface area contributed by atoms with Crippen molar-refractivity contribution in [3.8, 4) is 28.1 Å². The molecule has 4 heteroatoms. The Hall–Kier alpha value is -6.78. The summed E-state index contributed by atoms with van der Waals surface area (Å²) in [6, 6.07) is 60.6. The number of aromatic nitrogens is 3. The lowest BCUT2D eigenvalue weighted by Crippen LogP contribution is -2.18. The molecule has 1 aliphatic heterocycles. The standard InChI is InChI=1S/C46H28N4/c1-2-16-31(17-3-1)49-39-24-9-6-19-35(39)43-36(21-12-26-41(43)49)44-46(48-38-23-8-7-22-37(38)47-44)50-40-25-11-15-30-14-10-20-33(42(30)40)34-28-27-29-13-4-5-18-32(29)45(34)50/h1-28H. The number of para-hydroxylation sites is 4. The number of nitrogens with zero attached hydrogens (tertiary/aromatic N) is 4. The van der Waals surface area contributed by atoms with Crippen molar-refractivity contribution in [2.75, 3.05) is 4.90 Å². The molecule has 0 N–H and O–H groups in total. The maximum absolute atomic E-state index is 5.55. The molecule has 0 fully saturated rings. The summed E-state index contributed by atoms with van der Waals surface area (Å²) < 4.78 is 2.36. The summed E-state index contributed by atoms with van der Waals surface area (Å²) in [7, 11) is 0. The van der Waals surface area contributed by atoms with Crippen LogP contribution in [0.25, 0.3) is 82.5 Å². The molecule has 232 valence electrons. The molecule has 8 aromatic carbocycles. The van der Waals surface area contributed by atoms with Gasteiger partial charge in [0.05, 0.1) is 33.4 Å². The zero-order valence-corrected chi connectivity index (χ0v) is 27.0. The van der Waals surface area contributed by atoms with Crippen LogP contribution in [0.15, 0.2) is 170 Å². The van der Waals surface area contributed by atoms with Crippen molar-refractivity contribution in [2.45, 2.75) is 0 Å². The minimum atomic E-state index is 0.812. The van der Waals surface area contributed by atoms with E-state index < -0.39 is 0 Å². The van der Waals surface area contributed by atoms with Crippen LogP contribution in [0.4, 0.5) is 17.2 Å². The Morgan fingerprint density at radius 2 is 1.06 bits per heavy atom. The van der Waals surface area contributed by atoms with Crippen LogP contribution >= 0.6 is 0 Å². The predicted octanol–water partition coefficient (Wildman–Crippen LogP) is 12.2. The summed E-state index contributed by atoms with van der Waals surface area (Å²) in [5, 5.41) is 7.12. The van der Waals surface area contributed by atoms with Crippen LogP contribution < -0.4 is 4.90 Å². The van der Waals surface area contributed by atoms with Gasteiger partial charge in [-0.2, -0.15) is 0 Å². The molecule has 0 saturated heterocycles. The first kappa shape index (κ1) is 27.2. The van der Waals surface area contributed by atoms with Gasteiger partial charge in [0.15, 0.2) is 5.82 Å². The van der Waals surface area contributed by atoms with Crippen LogP contribution in [0, 0.1) is 0 Å². The quantitative estimate of drug-likeness (QED) is 0.193. The maximum atomic E-state index is 5.55. The minimum absolute atomic E-state index is 0.812. The number of hydrogen-bond donors (Lipinski definition) is 0. The fourth-order valence-corrected chi connectivity index (χ4v) is 8.19. The van der Waals surface area contributed by atoms with Crippen LogP contribution in [-0.2, 0) is 0 Å². The summed E-state index contributed by atoms with van der Waals surface area (Å²) >= 11 is 0. The van der Waals surface area contributed by atoms with Gasteiger partial charge in [0.2, 0.25) is 0 Å². The Morgan fingerprint density at radius 1 is 0.400 bits per heavy atom. The molecule has 2 aromatic heterocycles. The van der Waals surface area contributed by atoms with E-state index in [-0.39, 0.29) is 0 Å². The van der Waals surface area contributed by atoms with Crippen molar-refractivity contribution in [1.29, 1.82) is 0 Å². The highest BCUT2D eigenvalue weighted by Crippen LogP contribution is 2.54. The topological polar surface area (TPSA) is 34.0 Å². The Morgan fingerprint density at radius 3 is 1.94 bits per heavy atom. The summed E-state index contributed by atoms with van der Waals surface area (Å²) in [5.74, 6) is 0.812. The molecular formula is C46H28N4. The molecule has 3 heterocycles. The van der Waals surface area contributed by atoms with E-state index in [4.69, 9.17) is 9.97 Å². The normalized spacial score (nSPS) is 12.4. The monoisotopic (exact) mass is 636 g/mol. The molecule has 0 radical (unpaired) electrons. The van der Waals surface area contributed by atoms with Gasteiger partial charge < -0.3 is 4.57 Å². The second-order valence-electron chi connectivity index (χ2n) is 13.0. The zero-order chi connectivity index (χ0) is 32.8. The third-order valence-corrected chi connectivity index (χ3v) is 10.3. The van der Waals surface area contributed by atoms with E-state index in [1.165, 1.54) is 38.1 Å². The minimum Gasteiger partial charge on any atom is -0.309 e. The van der Waals surface area contributed by atoms with Gasteiger partial charge in [-0.05, 0) is 58.8 Å². The first-order chi connectivity index (χ1) is 24.8. The van der Waals surface area contributed by atoms with Gasteiger partial charge in [-0.1, -0.05) is 127 Å². The third kappa shape index (κ3) is 3.76. The zero-order valence-electron chi connectivity index (χ0n) is 27.0. The molecule has 0 atom stereocenters. The van der Waals surface area contributed by atoms with Gasteiger partial charge >= 0.3 is 0 Å². The van der Waals surface area contributed by atoms with Crippen molar-refractivity contribution in [3.05, 3.63) is 170 Å². The van der Waals surface area contributed by atoms with Gasteiger partial charge in [0.25, 0.3) is 0 Å². The first-order valence-corrected chi connectivity index (χ1v) is 17.0. The van der Waals surface area contributed by atoms with Crippen LogP contribution in [0.3, 0.4) is 0 Å². The number of anilines is 3. The molecule has 0 spiro atoms. The molecule has 0 unspecified atom stereocenters. The number of benzene rings is 8. The van der Waals surface area contributed by atoms with Crippen molar-refractivity contribution in [3.63, 3.8) is 0 Å². The van der Waals surface area contributed by atoms with E-state index in [0.717, 1.165) is 61.6 Å². The van der Waals surface area contributed by atoms with Crippen LogP contribution in [0.1, 0.15) is 0 Å². The van der Waals surface area contributed by atoms with Gasteiger partial charge in [-0.3, -0.25) is 4.90 Å². The van der Waals surface area contributed by atoms with Crippen LogP contribution in [-0.4, -0.2) is 14.5 Å². The summed E-state index contributed by atoms with van der Waals surface area (Å²) in [5.41, 5.74) is 11.7. The molecule has 0 saturated carbocycles. The van der Waals surface area contributed by atoms with Crippen molar-refractivity contribution in [2.24, 2.45) is 0 Å². The highest BCUT2D eigenvalue weighted by molar-refractivity contribution is 6.21. The molecule has 0 aliphatic carbocycles. The van der Waals surface area contributed by atoms with Gasteiger partial charge in [-0.15, -0.1) is 0 Å². The molecule has 0 bridgehead atoms. The van der Waals surface area contributed by atoms with Crippen molar-refractivity contribution < 1.29 is 0 Å². The molecule has 10 aromatic rings. The predicted molar refractivity (Wildman–Crippen MR) is 208 cm³/mol. The largest absolute Gasteiger partial charge is 0.309 e. The average Bonchev–Trinajstić information content (AvgIpc) is 3.53. The molecule has 0 amide bonds. The van der Waals surface area contributed by atoms with Crippen molar-refractivity contribution in [1.82, 2.24) is 14.5 Å². The fraction of sp³-hybridized carbons (Fsp3) is 0. The summed E-state index contributed by atoms with van der Waals surface area (Å²) in [6.07, 6.45) is 0. The molecule has 1 aliphatic rings. The summed E-state index contributed by atoms with van der Waals surface area (Å²) in [4.78, 5) is 13.5. The molecule has 50 heavy (non-hydrogen) atoms. The Bertz CT molecular complexity index is 2990. The lowest BCUT2D eigenvalue weighted by Gasteiger charge is -2.34. The van der Waals surface area contributed by atoms with E-state index >= 15 is 0 Å².